The molecule has 0 saturated heterocycles. The molecular weight excluding hydrogens is 312 g/mol. The summed E-state index contributed by atoms with van der Waals surface area (Å²) in [7, 11) is 0. The Balaban J connectivity index is 1.73. The van der Waals surface area contributed by atoms with Gasteiger partial charge in [-0.3, -0.25) is 4.79 Å². The topological polar surface area (TPSA) is 46.5 Å². The van der Waals surface area contributed by atoms with E-state index in [0.29, 0.717) is 6.42 Å². The first-order chi connectivity index (χ1) is 12.1. The van der Waals surface area contributed by atoms with E-state index in [4.69, 9.17) is 4.74 Å². The summed E-state index contributed by atoms with van der Waals surface area (Å²) in [6.45, 7) is 2.00. The predicted molar refractivity (Wildman–Crippen MR) is 98.2 cm³/mol. The number of carboxylic acid groups (broad SMARTS) is 1. The molecule has 1 atom stereocenters. The average Bonchev–Trinajstić information content (AvgIpc) is 2.63. The Hall–Kier alpha value is -3.07. The minimum absolute atomic E-state index is 0.448. The number of aryl methyl sites for hydroxylation is 1. The third-order valence-electron chi connectivity index (χ3n) is 4.18. The lowest BCUT2D eigenvalue weighted by atomic mass is 9.92. The SMILES string of the molecule is Cc1ccccc1Oc1ccc(CC(C(=O)O)c2ccccc2)cc1. The van der Waals surface area contributed by atoms with Crippen LogP contribution in [0.4, 0.5) is 0 Å². The van der Waals surface area contributed by atoms with Gasteiger partial charge in [0, 0.05) is 0 Å². The summed E-state index contributed by atoms with van der Waals surface area (Å²) >= 11 is 0. The van der Waals surface area contributed by atoms with E-state index in [1.54, 1.807) is 0 Å². The molecule has 0 bridgehead atoms. The van der Waals surface area contributed by atoms with Gasteiger partial charge in [-0.2, -0.15) is 0 Å². The number of carbonyl (C=O) groups is 1. The number of hydrogen-bond acceptors (Lipinski definition) is 2. The van der Waals surface area contributed by atoms with Crippen molar-refractivity contribution in [2.45, 2.75) is 19.3 Å². The molecule has 0 aromatic heterocycles. The van der Waals surface area contributed by atoms with Crippen molar-refractivity contribution < 1.29 is 14.6 Å². The Morgan fingerprint density at radius 2 is 1.56 bits per heavy atom. The standard InChI is InChI=1S/C22H20O3/c1-16-7-5-6-10-21(16)25-19-13-11-17(12-14-19)15-20(22(23)24)18-8-3-2-4-9-18/h2-14,20H,15H2,1H3,(H,23,24). The number of carboxylic acids is 1. The maximum atomic E-state index is 11.6. The van der Waals surface area contributed by atoms with Crippen LogP contribution in [0.1, 0.15) is 22.6 Å². The highest BCUT2D eigenvalue weighted by Crippen LogP contribution is 2.26. The lowest BCUT2D eigenvalue weighted by Crippen LogP contribution is -2.14. The third-order valence-corrected chi connectivity index (χ3v) is 4.18. The molecule has 0 saturated carbocycles. The smallest absolute Gasteiger partial charge is 0.311 e. The quantitative estimate of drug-likeness (QED) is 0.675. The van der Waals surface area contributed by atoms with Crippen molar-refractivity contribution in [1.82, 2.24) is 0 Å². The number of para-hydroxylation sites is 1. The van der Waals surface area contributed by atoms with Crippen molar-refractivity contribution >= 4 is 5.97 Å². The van der Waals surface area contributed by atoms with E-state index in [1.807, 2.05) is 85.8 Å². The third kappa shape index (κ3) is 4.27. The first-order valence-electron chi connectivity index (χ1n) is 8.23. The minimum Gasteiger partial charge on any atom is -0.481 e. The molecule has 3 aromatic carbocycles. The van der Waals surface area contributed by atoms with E-state index in [1.165, 1.54) is 0 Å². The van der Waals surface area contributed by atoms with Crippen LogP contribution in [-0.4, -0.2) is 11.1 Å². The lowest BCUT2D eigenvalue weighted by molar-refractivity contribution is -0.138. The number of benzene rings is 3. The van der Waals surface area contributed by atoms with Gasteiger partial charge in [-0.25, -0.2) is 0 Å². The molecule has 0 fully saturated rings. The van der Waals surface area contributed by atoms with Gasteiger partial charge in [0.15, 0.2) is 0 Å². The highest BCUT2D eigenvalue weighted by molar-refractivity contribution is 5.76. The maximum Gasteiger partial charge on any atom is 0.311 e. The fourth-order valence-corrected chi connectivity index (χ4v) is 2.76. The van der Waals surface area contributed by atoms with Crippen LogP contribution in [0.25, 0.3) is 0 Å². The van der Waals surface area contributed by atoms with Crippen LogP contribution < -0.4 is 4.74 Å². The number of ether oxygens (including phenoxy) is 1. The molecular formula is C22H20O3. The van der Waals surface area contributed by atoms with E-state index in [0.717, 1.165) is 28.2 Å². The van der Waals surface area contributed by atoms with Gasteiger partial charge in [-0.15, -0.1) is 0 Å². The fourth-order valence-electron chi connectivity index (χ4n) is 2.76. The monoisotopic (exact) mass is 332 g/mol. The predicted octanol–water partition coefficient (Wildman–Crippen LogP) is 5.20. The highest BCUT2D eigenvalue weighted by atomic mass is 16.5. The molecule has 1 N–H and O–H groups in total. The maximum absolute atomic E-state index is 11.6. The van der Waals surface area contributed by atoms with Crippen molar-refractivity contribution in [3.63, 3.8) is 0 Å². The molecule has 0 aliphatic heterocycles. The Labute approximate surface area is 147 Å². The van der Waals surface area contributed by atoms with Gasteiger partial charge < -0.3 is 9.84 Å². The van der Waals surface area contributed by atoms with E-state index < -0.39 is 11.9 Å². The fraction of sp³-hybridized carbons (Fsp3) is 0.136. The van der Waals surface area contributed by atoms with Crippen molar-refractivity contribution in [3.8, 4) is 11.5 Å². The molecule has 126 valence electrons. The normalized spacial score (nSPS) is 11.7. The van der Waals surface area contributed by atoms with Gasteiger partial charge in [0.05, 0.1) is 5.92 Å². The second-order valence-corrected chi connectivity index (χ2v) is 6.02. The zero-order chi connectivity index (χ0) is 17.6. The van der Waals surface area contributed by atoms with Crippen LogP contribution in [0.3, 0.4) is 0 Å². The average molecular weight is 332 g/mol. The Morgan fingerprint density at radius 3 is 2.20 bits per heavy atom. The molecule has 25 heavy (non-hydrogen) atoms. The number of aliphatic carboxylic acids is 1. The van der Waals surface area contributed by atoms with Crippen LogP contribution in [0.15, 0.2) is 78.9 Å². The van der Waals surface area contributed by atoms with Gasteiger partial charge in [0.25, 0.3) is 0 Å². The van der Waals surface area contributed by atoms with Gasteiger partial charge >= 0.3 is 5.97 Å². The van der Waals surface area contributed by atoms with Crippen LogP contribution >= 0.6 is 0 Å². The Kier molecular flexibility index (Phi) is 5.14. The van der Waals surface area contributed by atoms with E-state index >= 15 is 0 Å². The highest BCUT2D eigenvalue weighted by Gasteiger charge is 2.20. The first kappa shape index (κ1) is 16.8. The number of hydrogen-bond donors (Lipinski definition) is 1. The van der Waals surface area contributed by atoms with E-state index in [9.17, 15) is 9.90 Å². The Bertz CT molecular complexity index is 839. The molecule has 0 aliphatic carbocycles. The second-order valence-electron chi connectivity index (χ2n) is 6.02. The summed E-state index contributed by atoms with van der Waals surface area (Å²) in [6.07, 6.45) is 0.448. The van der Waals surface area contributed by atoms with E-state index in [2.05, 4.69) is 0 Å². The molecule has 0 amide bonds. The summed E-state index contributed by atoms with van der Waals surface area (Å²) in [6, 6.07) is 24.8. The first-order valence-corrected chi connectivity index (χ1v) is 8.23. The molecule has 0 spiro atoms. The summed E-state index contributed by atoms with van der Waals surface area (Å²) in [4.78, 5) is 11.6. The molecule has 3 rings (SSSR count). The van der Waals surface area contributed by atoms with Gasteiger partial charge in [-0.05, 0) is 48.2 Å². The summed E-state index contributed by atoms with van der Waals surface area (Å²) in [5.74, 6) is 0.198. The minimum atomic E-state index is -0.813. The van der Waals surface area contributed by atoms with Crippen molar-refractivity contribution in [3.05, 3.63) is 95.6 Å². The second kappa shape index (κ2) is 7.67. The van der Waals surface area contributed by atoms with Gasteiger partial charge in [-0.1, -0.05) is 60.7 Å². The molecule has 0 aliphatic rings. The van der Waals surface area contributed by atoms with Crippen LogP contribution in [0.5, 0.6) is 11.5 Å². The van der Waals surface area contributed by atoms with E-state index in [-0.39, 0.29) is 0 Å². The molecule has 1 unspecified atom stereocenters. The summed E-state index contributed by atoms with van der Waals surface area (Å²) in [5.41, 5.74) is 2.85. The Morgan fingerprint density at radius 1 is 0.920 bits per heavy atom. The zero-order valence-electron chi connectivity index (χ0n) is 14.1. The molecule has 3 aromatic rings. The van der Waals surface area contributed by atoms with Crippen molar-refractivity contribution in [1.29, 1.82) is 0 Å². The largest absolute Gasteiger partial charge is 0.481 e. The van der Waals surface area contributed by atoms with Crippen molar-refractivity contribution in [2.75, 3.05) is 0 Å². The number of rotatable bonds is 6. The van der Waals surface area contributed by atoms with Crippen molar-refractivity contribution in [2.24, 2.45) is 0 Å². The summed E-state index contributed by atoms with van der Waals surface area (Å²) < 4.78 is 5.88. The molecule has 0 heterocycles. The van der Waals surface area contributed by atoms with Gasteiger partial charge in [0.2, 0.25) is 0 Å². The van der Waals surface area contributed by atoms with Crippen LogP contribution in [0.2, 0.25) is 0 Å². The van der Waals surface area contributed by atoms with Crippen LogP contribution in [0, 0.1) is 6.92 Å². The molecule has 3 nitrogen and oxygen atoms in total. The summed E-state index contributed by atoms with van der Waals surface area (Å²) in [5, 5.41) is 9.54. The van der Waals surface area contributed by atoms with Crippen LogP contribution in [-0.2, 0) is 11.2 Å². The lowest BCUT2D eigenvalue weighted by Gasteiger charge is -2.13. The van der Waals surface area contributed by atoms with Gasteiger partial charge in [0.1, 0.15) is 11.5 Å². The zero-order valence-corrected chi connectivity index (χ0v) is 14.1. The molecule has 3 heteroatoms. The molecule has 0 radical (unpaired) electrons.